The standard InChI is InChI=1S/C25H25N5O2/c1-16-22-15-27-30(19-9-7-18(8-10-19)13-23(26)31)25(32)24(22)17(2)29(16)21-6-3-5-20(14-21)28-11-4-12-28/h3,5-10,14-15H,4,11-13H2,1-2H3,(H2,26,31). The summed E-state index contributed by atoms with van der Waals surface area (Å²) in [5.74, 6) is -0.389. The van der Waals surface area contributed by atoms with Crippen molar-refractivity contribution in [1.29, 1.82) is 0 Å². The van der Waals surface area contributed by atoms with E-state index in [0.29, 0.717) is 11.1 Å². The van der Waals surface area contributed by atoms with Gasteiger partial charge in [-0.1, -0.05) is 18.2 Å². The number of primary amides is 1. The Bertz CT molecular complexity index is 1390. The molecule has 1 aliphatic heterocycles. The Morgan fingerprint density at radius 3 is 2.38 bits per heavy atom. The van der Waals surface area contributed by atoms with Crippen LogP contribution in [0.1, 0.15) is 23.4 Å². The van der Waals surface area contributed by atoms with Crippen LogP contribution in [0.25, 0.3) is 22.1 Å². The molecule has 1 fully saturated rings. The SMILES string of the molecule is Cc1c2cnn(-c3ccc(CC(N)=O)cc3)c(=O)c2c(C)n1-c1cccc(N2CCC2)c1. The Balaban J connectivity index is 1.61. The van der Waals surface area contributed by atoms with E-state index in [4.69, 9.17) is 5.73 Å². The molecule has 3 heterocycles. The van der Waals surface area contributed by atoms with Crippen molar-refractivity contribution < 1.29 is 4.79 Å². The second-order valence-corrected chi connectivity index (χ2v) is 8.33. The van der Waals surface area contributed by atoms with Gasteiger partial charge in [0.05, 0.1) is 23.7 Å². The molecular formula is C25H25N5O2. The topological polar surface area (TPSA) is 86.1 Å². The molecule has 2 aromatic carbocycles. The lowest BCUT2D eigenvalue weighted by molar-refractivity contribution is -0.117. The summed E-state index contributed by atoms with van der Waals surface area (Å²) in [5, 5.41) is 5.95. The lowest BCUT2D eigenvalue weighted by Crippen LogP contribution is -2.36. The third kappa shape index (κ3) is 3.26. The quantitative estimate of drug-likeness (QED) is 0.530. The van der Waals surface area contributed by atoms with Crippen LogP contribution < -0.4 is 16.2 Å². The molecule has 7 nitrogen and oxygen atoms in total. The van der Waals surface area contributed by atoms with Crippen LogP contribution in [0.2, 0.25) is 0 Å². The molecule has 0 unspecified atom stereocenters. The molecule has 0 saturated carbocycles. The molecule has 7 heteroatoms. The van der Waals surface area contributed by atoms with Crippen LogP contribution in [-0.2, 0) is 11.2 Å². The number of carbonyl (C=O) groups excluding carboxylic acids is 1. The molecule has 2 N–H and O–H groups in total. The zero-order valence-corrected chi connectivity index (χ0v) is 18.2. The van der Waals surface area contributed by atoms with Crippen molar-refractivity contribution in [3.63, 3.8) is 0 Å². The summed E-state index contributed by atoms with van der Waals surface area (Å²) in [4.78, 5) is 26.9. The molecule has 162 valence electrons. The monoisotopic (exact) mass is 427 g/mol. The first-order valence-corrected chi connectivity index (χ1v) is 10.8. The molecule has 1 aliphatic rings. The average molecular weight is 428 g/mol. The fourth-order valence-electron chi connectivity index (χ4n) is 4.49. The molecule has 0 radical (unpaired) electrons. The summed E-state index contributed by atoms with van der Waals surface area (Å²) in [6.07, 6.45) is 3.15. The Kier molecular flexibility index (Phi) is 4.81. The molecule has 2 aromatic heterocycles. The number of aryl methyl sites for hydroxylation is 2. The van der Waals surface area contributed by atoms with Gasteiger partial charge in [-0.05, 0) is 56.2 Å². The van der Waals surface area contributed by atoms with Gasteiger partial charge in [-0.25, -0.2) is 0 Å². The molecule has 5 rings (SSSR count). The number of rotatable bonds is 5. The van der Waals surface area contributed by atoms with E-state index in [2.05, 4.69) is 38.8 Å². The van der Waals surface area contributed by atoms with Crippen molar-refractivity contribution in [3.05, 3.63) is 82.0 Å². The number of amides is 1. The first-order chi connectivity index (χ1) is 15.4. The highest BCUT2D eigenvalue weighted by Crippen LogP contribution is 2.29. The lowest BCUT2D eigenvalue weighted by Gasteiger charge is -2.33. The summed E-state index contributed by atoms with van der Waals surface area (Å²) in [6, 6.07) is 15.6. The largest absolute Gasteiger partial charge is 0.371 e. The van der Waals surface area contributed by atoms with E-state index in [1.807, 2.05) is 13.8 Å². The van der Waals surface area contributed by atoms with E-state index in [1.165, 1.54) is 16.8 Å². The van der Waals surface area contributed by atoms with Gasteiger partial charge in [0.15, 0.2) is 0 Å². The number of nitrogens with two attached hydrogens (primary N) is 1. The van der Waals surface area contributed by atoms with E-state index in [9.17, 15) is 9.59 Å². The summed E-state index contributed by atoms with van der Waals surface area (Å²) in [5.41, 5.74) is 10.7. The third-order valence-electron chi connectivity index (χ3n) is 6.27. The average Bonchev–Trinajstić information content (AvgIpc) is 2.98. The van der Waals surface area contributed by atoms with Gasteiger partial charge in [0, 0.05) is 41.2 Å². The Morgan fingerprint density at radius 2 is 1.72 bits per heavy atom. The molecule has 4 aromatic rings. The van der Waals surface area contributed by atoms with Crippen LogP contribution in [0.5, 0.6) is 0 Å². The predicted octanol–water partition coefficient (Wildman–Crippen LogP) is 3.03. The maximum absolute atomic E-state index is 13.4. The van der Waals surface area contributed by atoms with E-state index in [1.54, 1.807) is 30.5 Å². The zero-order chi connectivity index (χ0) is 22.4. The van der Waals surface area contributed by atoms with Crippen LogP contribution >= 0.6 is 0 Å². The maximum Gasteiger partial charge on any atom is 0.281 e. The van der Waals surface area contributed by atoms with Gasteiger partial charge in [-0.2, -0.15) is 9.78 Å². The van der Waals surface area contributed by atoms with E-state index >= 15 is 0 Å². The van der Waals surface area contributed by atoms with Crippen molar-refractivity contribution in [3.8, 4) is 11.4 Å². The van der Waals surface area contributed by atoms with Gasteiger partial charge in [0.1, 0.15) is 0 Å². The fraction of sp³-hybridized carbons (Fsp3) is 0.240. The highest BCUT2D eigenvalue weighted by atomic mass is 16.1. The molecule has 0 bridgehead atoms. The fourth-order valence-corrected chi connectivity index (χ4v) is 4.49. The Labute approximate surface area is 185 Å². The number of aromatic nitrogens is 3. The molecule has 32 heavy (non-hydrogen) atoms. The molecule has 0 atom stereocenters. The van der Waals surface area contributed by atoms with Crippen LogP contribution in [0, 0.1) is 13.8 Å². The first kappa shape index (κ1) is 20.1. The van der Waals surface area contributed by atoms with Crippen molar-refractivity contribution in [2.24, 2.45) is 5.73 Å². The highest BCUT2D eigenvalue weighted by Gasteiger charge is 2.19. The van der Waals surface area contributed by atoms with Gasteiger partial charge in [0.25, 0.3) is 5.56 Å². The van der Waals surface area contributed by atoms with E-state index < -0.39 is 0 Å². The van der Waals surface area contributed by atoms with E-state index in [0.717, 1.165) is 41.1 Å². The molecule has 0 aliphatic carbocycles. The molecule has 0 spiro atoms. The summed E-state index contributed by atoms with van der Waals surface area (Å²) in [6.45, 7) is 6.17. The van der Waals surface area contributed by atoms with E-state index in [-0.39, 0.29) is 17.9 Å². The summed E-state index contributed by atoms with van der Waals surface area (Å²) in [7, 11) is 0. The second-order valence-electron chi connectivity index (χ2n) is 8.33. The minimum absolute atomic E-state index is 0.164. The maximum atomic E-state index is 13.4. The van der Waals surface area contributed by atoms with Gasteiger partial charge in [-0.15, -0.1) is 0 Å². The van der Waals surface area contributed by atoms with Gasteiger partial charge >= 0.3 is 0 Å². The van der Waals surface area contributed by atoms with Crippen LogP contribution in [0.4, 0.5) is 5.69 Å². The van der Waals surface area contributed by atoms with Crippen molar-refractivity contribution in [2.75, 3.05) is 18.0 Å². The van der Waals surface area contributed by atoms with Crippen LogP contribution in [0.3, 0.4) is 0 Å². The van der Waals surface area contributed by atoms with Crippen molar-refractivity contribution in [1.82, 2.24) is 14.3 Å². The minimum Gasteiger partial charge on any atom is -0.371 e. The van der Waals surface area contributed by atoms with Crippen molar-refractivity contribution >= 4 is 22.4 Å². The predicted molar refractivity (Wildman–Crippen MR) is 126 cm³/mol. The molecular weight excluding hydrogens is 402 g/mol. The number of nitrogens with zero attached hydrogens (tertiary/aromatic N) is 4. The number of carbonyl (C=O) groups is 1. The highest BCUT2D eigenvalue weighted by molar-refractivity contribution is 5.88. The normalized spacial score (nSPS) is 13.4. The molecule has 1 amide bonds. The number of benzene rings is 2. The Hall–Kier alpha value is -3.87. The smallest absolute Gasteiger partial charge is 0.281 e. The minimum atomic E-state index is -0.389. The summed E-state index contributed by atoms with van der Waals surface area (Å²) < 4.78 is 3.54. The number of fused-ring (bicyclic) bond motifs is 1. The van der Waals surface area contributed by atoms with Gasteiger partial charge in [0.2, 0.25) is 5.91 Å². The lowest BCUT2D eigenvalue weighted by atomic mass is 10.1. The van der Waals surface area contributed by atoms with Crippen LogP contribution in [-0.4, -0.2) is 33.3 Å². The number of hydrogen-bond acceptors (Lipinski definition) is 4. The Morgan fingerprint density at radius 1 is 1.00 bits per heavy atom. The third-order valence-corrected chi connectivity index (χ3v) is 6.27. The second kappa shape index (κ2) is 7.67. The van der Waals surface area contributed by atoms with Gasteiger partial charge in [-0.3, -0.25) is 9.59 Å². The first-order valence-electron chi connectivity index (χ1n) is 10.8. The summed E-state index contributed by atoms with van der Waals surface area (Å²) >= 11 is 0. The zero-order valence-electron chi connectivity index (χ0n) is 18.2. The number of hydrogen-bond donors (Lipinski definition) is 1. The van der Waals surface area contributed by atoms with Crippen LogP contribution in [0.15, 0.2) is 59.5 Å². The van der Waals surface area contributed by atoms with Gasteiger partial charge < -0.3 is 15.2 Å². The number of anilines is 1. The van der Waals surface area contributed by atoms with Crippen molar-refractivity contribution in [2.45, 2.75) is 26.7 Å². The molecule has 1 saturated heterocycles.